The minimum absolute atomic E-state index is 0.0411. The maximum atomic E-state index is 13.1. The molecule has 1 aliphatic rings. The van der Waals surface area contributed by atoms with Gasteiger partial charge in [0, 0.05) is 5.56 Å². The second-order valence-corrected chi connectivity index (χ2v) is 8.86. The molecule has 0 aliphatic carbocycles. The second kappa shape index (κ2) is 13.0. The topological polar surface area (TPSA) is 125 Å². The number of carbonyl (C=O) groups excluding carboxylic acids is 3. The van der Waals surface area contributed by atoms with Crippen molar-refractivity contribution in [3.63, 3.8) is 0 Å². The molecule has 0 radical (unpaired) electrons. The molecule has 0 atom stereocenters. The second-order valence-electron chi connectivity index (χ2n) is 8.86. The zero-order valence-electron chi connectivity index (χ0n) is 22.4. The fourth-order valence-electron chi connectivity index (χ4n) is 3.92. The highest BCUT2D eigenvalue weighted by Gasteiger charge is 2.17. The lowest BCUT2D eigenvalue weighted by atomic mass is 10.1. The Balaban J connectivity index is 1.31. The van der Waals surface area contributed by atoms with Crippen LogP contribution < -0.4 is 29.7 Å². The molecule has 0 saturated heterocycles. The molecular formula is C32H25N3O7. The van der Waals surface area contributed by atoms with Gasteiger partial charge in [-0.25, -0.2) is 10.2 Å². The monoisotopic (exact) mass is 563 g/mol. The minimum Gasteiger partial charge on any atom is -0.493 e. The first kappa shape index (κ1) is 27.7. The average Bonchev–Trinajstić information content (AvgIpc) is 3.50. The van der Waals surface area contributed by atoms with Gasteiger partial charge in [0.15, 0.2) is 23.0 Å². The lowest BCUT2D eigenvalue weighted by Crippen LogP contribution is -2.32. The highest BCUT2D eigenvalue weighted by molar-refractivity contribution is 6.05. The van der Waals surface area contributed by atoms with Gasteiger partial charge in [-0.2, -0.15) is 5.10 Å². The summed E-state index contributed by atoms with van der Waals surface area (Å²) < 4.78 is 21.6. The molecule has 4 aromatic carbocycles. The van der Waals surface area contributed by atoms with E-state index in [0.29, 0.717) is 39.5 Å². The van der Waals surface area contributed by atoms with Crippen LogP contribution >= 0.6 is 0 Å². The van der Waals surface area contributed by atoms with Gasteiger partial charge in [0.1, 0.15) is 5.70 Å². The third-order valence-corrected chi connectivity index (χ3v) is 6.02. The van der Waals surface area contributed by atoms with Gasteiger partial charge < -0.3 is 24.3 Å². The SMILES string of the molecule is COc1cc(C=NNC(=O)C(=Cc2ccc3c(c2)OCO3)NC(=O)c2ccccc2)ccc1OC(=O)c1ccccc1. The van der Waals surface area contributed by atoms with Crippen LogP contribution in [0.5, 0.6) is 23.0 Å². The van der Waals surface area contributed by atoms with Gasteiger partial charge in [-0.15, -0.1) is 0 Å². The summed E-state index contributed by atoms with van der Waals surface area (Å²) in [6.07, 6.45) is 2.90. The largest absolute Gasteiger partial charge is 0.493 e. The average molecular weight is 564 g/mol. The molecule has 10 heteroatoms. The molecular weight excluding hydrogens is 538 g/mol. The molecule has 0 fully saturated rings. The fourth-order valence-corrected chi connectivity index (χ4v) is 3.92. The van der Waals surface area contributed by atoms with E-state index in [1.54, 1.807) is 97.1 Å². The molecule has 5 rings (SSSR count). The lowest BCUT2D eigenvalue weighted by Gasteiger charge is -2.10. The number of hydrogen-bond acceptors (Lipinski definition) is 8. The molecule has 4 aromatic rings. The van der Waals surface area contributed by atoms with Crippen LogP contribution in [0.2, 0.25) is 0 Å². The number of fused-ring (bicyclic) bond motifs is 1. The van der Waals surface area contributed by atoms with Crippen molar-refractivity contribution in [2.24, 2.45) is 5.10 Å². The molecule has 0 bridgehead atoms. The van der Waals surface area contributed by atoms with Gasteiger partial charge in [-0.05, 0) is 71.8 Å². The Hall–Kier alpha value is -5.90. The first-order chi connectivity index (χ1) is 20.5. The number of amides is 2. The van der Waals surface area contributed by atoms with Gasteiger partial charge in [0.05, 0.1) is 18.9 Å². The van der Waals surface area contributed by atoms with Crippen molar-refractivity contribution in [2.75, 3.05) is 13.9 Å². The van der Waals surface area contributed by atoms with E-state index in [4.69, 9.17) is 18.9 Å². The third kappa shape index (κ3) is 6.80. The van der Waals surface area contributed by atoms with Crippen LogP contribution in [-0.2, 0) is 4.79 Å². The van der Waals surface area contributed by atoms with Crippen LogP contribution in [0.25, 0.3) is 6.08 Å². The number of rotatable bonds is 9. The number of nitrogens with zero attached hydrogens (tertiary/aromatic N) is 1. The molecule has 0 spiro atoms. The Kier molecular flexibility index (Phi) is 8.54. The van der Waals surface area contributed by atoms with E-state index >= 15 is 0 Å². The predicted octanol–water partition coefficient (Wildman–Crippen LogP) is 4.56. The van der Waals surface area contributed by atoms with Crippen LogP contribution in [0, 0.1) is 0 Å². The molecule has 2 N–H and O–H groups in total. The number of esters is 1. The quantitative estimate of drug-likeness (QED) is 0.101. The number of benzene rings is 4. The minimum atomic E-state index is -0.659. The van der Waals surface area contributed by atoms with Gasteiger partial charge in [0.25, 0.3) is 11.8 Å². The smallest absolute Gasteiger partial charge is 0.343 e. The fraction of sp³-hybridized carbons (Fsp3) is 0.0625. The number of carbonyl (C=O) groups is 3. The van der Waals surface area contributed by atoms with Crippen LogP contribution in [0.3, 0.4) is 0 Å². The Morgan fingerprint density at radius 1 is 0.786 bits per heavy atom. The van der Waals surface area contributed by atoms with E-state index in [2.05, 4.69) is 15.8 Å². The Bertz CT molecular complexity index is 1670. The van der Waals surface area contributed by atoms with E-state index in [9.17, 15) is 14.4 Å². The van der Waals surface area contributed by atoms with Crippen molar-refractivity contribution in [3.05, 3.63) is 125 Å². The Labute approximate surface area is 241 Å². The lowest BCUT2D eigenvalue weighted by molar-refractivity contribution is -0.117. The summed E-state index contributed by atoms with van der Waals surface area (Å²) in [4.78, 5) is 38.4. The van der Waals surface area contributed by atoms with Gasteiger partial charge in [0.2, 0.25) is 6.79 Å². The number of methoxy groups -OCH3 is 1. The molecule has 1 aliphatic heterocycles. The summed E-state index contributed by atoms with van der Waals surface area (Å²) in [6, 6.07) is 27.1. The van der Waals surface area contributed by atoms with E-state index in [1.165, 1.54) is 19.4 Å². The molecule has 0 saturated carbocycles. The van der Waals surface area contributed by atoms with E-state index in [1.807, 2.05) is 0 Å². The van der Waals surface area contributed by atoms with Crippen LogP contribution in [-0.4, -0.2) is 37.9 Å². The number of ether oxygens (including phenoxy) is 4. The van der Waals surface area contributed by atoms with Crippen molar-refractivity contribution in [3.8, 4) is 23.0 Å². The zero-order valence-corrected chi connectivity index (χ0v) is 22.4. The molecule has 1 heterocycles. The molecule has 210 valence electrons. The maximum Gasteiger partial charge on any atom is 0.343 e. The van der Waals surface area contributed by atoms with Crippen molar-refractivity contribution in [2.45, 2.75) is 0 Å². The summed E-state index contributed by atoms with van der Waals surface area (Å²) in [5, 5.41) is 6.68. The zero-order chi connectivity index (χ0) is 29.3. The highest BCUT2D eigenvalue weighted by Crippen LogP contribution is 2.33. The first-order valence-electron chi connectivity index (χ1n) is 12.8. The normalized spacial score (nSPS) is 12.1. The molecule has 10 nitrogen and oxygen atoms in total. The maximum absolute atomic E-state index is 13.1. The third-order valence-electron chi connectivity index (χ3n) is 6.02. The van der Waals surface area contributed by atoms with Gasteiger partial charge in [-0.3, -0.25) is 9.59 Å². The van der Waals surface area contributed by atoms with Crippen LogP contribution in [0.1, 0.15) is 31.8 Å². The standard InChI is InChI=1S/C32H25N3O7/c1-39-28-18-22(13-15-27(28)42-32(38)24-10-6-3-7-11-24)19-33-35-31(37)25(34-30(36)23-8-4-2-5-9-23)16-21-12-14-26-29(17-21)41-20-40-26/h2-19H,20H2,1H3,(H,34,36)(H,35,37). The predicted molar refractivity (Wildman–Crippen MR) is 155 cm³/mol. The molecule has 0 aromatic heterocycles. The number of hydrazone groups is 1. The van der Waals surface area contributed by atoms with Gasteiger partial charge in [-0.1, -0.05) is 42.5 Å². The summed E-state index contributed by atoms with van der Waals surface area (Å²) in [5.41, 5.74) is 4.33. The van der Waals surface area contributed by atoms with E-state index < -0.39 is 17.8 Å². The van der Waals surface area contributed by atoms with Crippen LogP contribution in [0.4, 0.5) is 0 Å². The van der Waals surface area contributed by atoms with E-state index in [-0.39, 0.29) is 18.2 Å². The van der Waals surface area contributed by atoms with Crippen molar-refractivity contribution >= 4 is 30.1 Å². The van der Waals surface area contributed by atoms with Crippen LogP contribution in [0.15, 0.2) is 108 Å². The summed E-state index contributed by atoms with van der Waals surface area (Å²) in [7, 11) is 1.44. The Morgan fingerprint density at radius 2 is 1.48 bits per heavy atom. The Morgan fingerprint density at radius 3 is 2.21 bits per heavy atom. The molecule has 42 heavy (non-hydrogen) atoms. The number of nitrogens with one attached hydrogen (secondary N) is 2. The van der Waals surface area contributed by atoms with Crippen molar-refractivity contribution in [1.29, 1.82) is 0 Å². The molecule has 2 amide bonds. The summed E-state index contributed by atoms with van der Waals surface area (Å²) in [6.45, 7) is 0.108. The van der Waals surface area contributed by atoms with E-state index in [0.717, 1.165) is 0 Å². The van der Waals surface area contributed by atoms with Crippen molar-refractivity contribution < 1.29 is 33.3 Å². The van der Waals surface area contributed by atoms with Crippen molar-refractivity contribution in [1.82, 2.24) is 10.7 Å². The number of hydrogen-bond donors (Lipinski definition) is 2. The van der Waals surface area contributed by atoms with Gasteiger partial charge >= 0.3 is 5.97 Å². The first-order valence-corrected chi connectivity index (χ1v) is 12.8. The molecule has 0 unspecified atom stereocenters. The summed E-state index contributed by atoms with van der Waals surface area (Å²) >= 11 is 0. The highest BCUT2D eigenvalue weighted by atomic mass is 16.7. The summed E-state index contributed by atoms with van der Waals surface area (Å²) in [5.74, 6) is -0.00382.